The van der Waals surface area contributed by atoms with Crippen LogP contribution in [0.25, 0.3) is 0 Å². The van der Waals surface area contributed by atoms with Crippen molar-refractivity contribution in [3.8, 4) is 0 Å². The second-order valence-electron chi connectivity index (χ2n) is 6.71. The average molecular weight is 319 g/mol. The lowest BCUT2D eigenvalue weighted by molar-refractivity contribution is 0.0501. The lowest BCUT2D eigenvalue weighted by Gasteiger charge is -2.22. The van der Waals surface area contributed by atoms with E-state index in [-0.39, 0.29) is 6.03 Å². The van der Waals surface area contributed by atoms with Crippen LogP contribution in [-0.4, -0.2) is 43.9 Å². The maximum atomic E-state index is 11.7. The summed E-state index contributed by atoms with van der Waals surface area (Å²) in [5, 5.41) is 15.8. The van der Waals surface area contributed by atoms with Crippen LogP contribution < -0.4 is 15.5 Å². The normalized spacial score (nSPS) is 16.1. The molecule has 0 atom stereocenters. The first-order chi connectivity index (χ1) is 11.0. The summed E-state index contributed by atoms with van der Waals surface area (Å²) in [6, 6.07) is 8.29. The fraction of sp³-hybridized carbons (Fsp3) is 0.611. The highest BCUT2D eigenvalue weighted by Gasteiger charge is 2.31. The van der Waals surface area contributed by atoms with E-state index < -0.39 is 5.60 Å². The summed E-state index contributed by atoms with van der Waals surface area (Å²) < 4.78 is 0. The van der Waals surface area contributed by atoms with Crippen molar-refractivity contribution in [1.29, 1.82) is 0 Å². The largest absolute Gasteiger partial charge is 0.388 e. The van der Waals surface area contributed by atoms with Gasteiger partial charge in [0.15, 0.2) is 0 Å². The van der Waals surface area contributed by atoms with Crippen molar-refractivity contribution in [2.24, 2.45) is 0 Å². The van der Waals surface area contributed by atoms with Crippen LogP contribution in [0, 0.1) is 0 Å². The molecular weight excluding hydrogens is 290 g/mol. The monoisotopic (exact) mass is 319 g/mol. The molecule has 0 heterocycles. The van der Waals surface area contributed by atoms with Crippen molar-refractivity contribution in [3.05, 3.63) is 29.8 Å². The molecule has 1 saturated carbocycles. The van der Waals surface area contributed by atoms with Crippen LogP contribution in [0.5, 0.6) is 0 Å². The van der Waals surface area contributed by atoms with E-state index in [1.807, 2.05) is 14.1 Å². The number of hydrogen-bond acceptors (Lipinski definition) is 3. The van der Waals surface area contributed by atoms with Crippen LogP contribution in [-0.2, 0) is 6.42 Å². The molecule has 1 aliphatic carbocycles. The van der Waals surface area contributed by atoms with Gasteiger partial charge in [-0.2, -0.15) is 0 Å². The molecule has 1 aliphatic rings. The highest BCUT2D eigenvalue weighted by atomic mass is 16.3. The average Bonchev–Trinajstić information content (AvgIpc) is 2.97. The molecule has 1 aromatic carbocycles. The van der Waals surface area contributed by atoms with Crippen molar-refractivity contribution < 1.29 is 9.90 Å². The number of nitrogens with zero attached hydrogens (tertiary/aromatic N) is 1. The molecule has 1 fully saturated rings. The van der Waals surface area contributed by atoms with Gasteiger partial charge in [0.1, 0.15) is 0 Å². The standard InChI is InChI=1S/C18H29N3O2/c1-21(2)16-9-7-15(8-10-16)6-5-13-19-17(22)20-14-18(23)11-3-4-12-18/h7-10,23H,3-6,11-14H2,1-2H3,(H2,19,20,22). The van der Waals surface area contributed by atoms with E-state index in [1.165, 1.54) is 11.3 Å². The van der Waals surface area contributed by atoms with Crippen LogP contribution in [0.1, 0.15) is 37.7 Å². The summed E-state index contributed by atoms with van der Waals surface area (Å²) in [6.07, 6.45) is 5.52. The Morgan fingerprint density at radius 2 is 1.83 bits per heavy atom. The highest BCUT2D eigenvalue weighted by molar-refractivity contribution is 5.73. The van der Waals surface area contributed by atoms with Crippen LogP contribution in [0.2, 0.25) is 0 Å². The van der Waals surface area contributed by atoms with Gasteiger partial charge in [-0.1, -0.05) is 25.0 Å². The number of rotatable bonds is 7. The van der Waals surface area contributed by atoms with Crippen molar-refractivity contribution in [1.82, 2.24) is 10.6 Å². The number of aryl methyl sites for hydroxylation is 1. The minimum Gasteiger partial charge on any atom is -0.388 e. The van der Waals surface area contributed by atoms with Crippen molar-refractivity contribution in [3.63, 3.8) is 0 Å². The molecule has 2 amide bonds. The maximum absolute atomic E-state index is 11.7. The molecule has 3 N–H and O–H groups in total. The Bertz CT molecular complexity index is 493. The molecule has 0 bridgehead atoms. The number of urea groups is 1. The molecular formula is C18H29N3O2. The molecule has 0 unspecified atom stereocenters. The summed E-state index contributed by atoms with van der Waals surface area (Å²) in [5.74, 6) is 0. The summed E-state index contributed by atoms with van der Waals surface area (Å²) >= 11 is 0. The second-order valence-corrected chi connectivity index (χ2v) is 6.71. The third-order valence-corrected chi connectivity index (χ3v) is 4.49. The molecule has 1 aromatic rings. The predicted molar refractivity (Wildman–Crippen MR) is 93.9 cm³/mol. The lowest BCUT2D eigenvalue weighted by atomic mass is 10.0. The molecule has 0 aliphatic heterocycles. The first kappa shape index (κ1) is 17.6. The molecule has 23 heavy (non-hydrogen) atoms. The number of benzene rings is 1. The minimum absolute atomic E-state index is 0.187. The zero-order valence-corrected chi connectivity index (χ0v) is 14.3. The van der Waals surface area contributed by atoms with Crippen molar-refractivity contribution in [2.45, 2.75) is 44.1 Å². The predicted octanol–water partition coefficient (Wildman–Crippen LogP) is 2.29. The third-order valence-electron chi connectivity index (χ3n) is 4.49. The van der Waals surface area contributed by atoms with E-state index in [0.717, 1.165) is 38.5 Å². The van der Waals surface area contributed by atoms with Crippen LogP contribution in [0.3, 0.4) is 0 Å². The zero-order chi connectivity index (χ0) is 16.7. The van der Waals surface area contributed by atoms with Gasteiger partial charge >= 0.3 is 6.03 Å². The first-order valence-electron chi connectivity index (χ1n) is 8.49. The van der Waals surface area contributed by atoms with Gasteiger partial charge in [0, 0.05) is 32.9 Å². The highest BCUT2D eigenvalue weighted by Crippen LogP contribution is 2.28. The van der Waals surface area contributed by atoms with E-state index in [2.05, 4.69) is 39.8 Å². The van der Waals surface area contributed by atoms with Gasteiger partial charge in [0.25, 0.3) is 0 Å². The maximum Gasteiger partial charge on any atom is 0.314 e. The van der Waals surface area contributed by atoms with E-state index in [0.29, 0.717) is 13.1 Å². The topological polar surface area (TPSA) is 64.6 Å². The van der Waals surface area contributed by atoms with Crippen molar-refractivity contribution >= 4 is 11.7 Å². The minimum atomic E-state index is -0.689. The Morgan fingerprint density at radius 3 is 2.43 bits per heavy atom. The number of carbonyl (C=O) groups excluding carboxylic acids is 1. The Kier molecular flexibility index (Phi) is 6.28. The van der Waals surface area contributed by atoms with Crippen LogP contribution >= 0.6 is 0 Å². The summed E-state index contributed by atoms with van der Waals surface area (Å²) in [6.45, 7) is 0.991. The number of carbonyl (C=O) groups is 1. The molecule has 0 aromatic heterocycles. The third kappa shape index (κ3) is 5.75. The van der Waals surface area contributed by atoms with Gasteiger partial charge in [-0.15, -0.1) is 0 Å². The van der Waals surface area contributed by atoms with Gasteiger partial charge in [0.2, 0.25) is 0 Å². The molecule has 0 saturated heterocycles. The smallest absolute Gasteiger partial charge is 0.314 e. The zero-order valence-electron chi connectivity index (χ0n) is 14.3. The second kappa shape index (κ2) is 8.20. The SMILES string of the molecule is CN(C)c1ccc(CCCNC(=O)NCC2(O)CCCC2)cc1. The van der Waals surface area contributed by atoms with E-state index in [1.54, 1.807) is 0 Å². The molecule has 0 radical (unpaired) electrons. The lowest BCUT2D eigenvalue weighted by Crippen LogP contribution is -2.45. The van der Waals surface area contributed by atoms with Gasteiger partial charge in [-0.05, 0) is 43.4 Å². The van der Waals surface area contributed by atoms with Crippen LogP contribution in [0.4, 0.5) is 10.5 Å². The Hall–Kier alpha value is -1.75. The summed E-state index contributed by atoms with van der Waals surface area (Å²) in [5.41, 5.74) is 1.78. The number of nitrogens with one attached hydrogen (secondary N) is 2. The van der Waals surface area contributed by atoms with Gasteiger partial charge < -0.3 is 20.6 Å². The molecule has 0 spiro atoms. The Morgan fingerprint density at radius 1 is 1.17 bits per heavy atom. The number of anilines is 1. The molecule has 128 valence electrons. The van der Waals surface area contributed by atoms with E-state index in [9.17, 15) is 9.90 Å². The fourth-order valence-electron chi connectivity index (χ4n) is 2.97. The Balaban J connectivity index is 1.60. The van der Waals surface area contributed by atoms with Gasteiger partial charge in [-0.25, -0.2) is 4.79 Å². The van der Waals surface area contributed by atoms with Gasteiger partial charge in [0.05, 0.1) is 5.60 Å². The summed E-state index contributed by atoms with van der Waals surface area (Å²) in [7, 11) is 4.05. The number of amides is 2. The van der Waals surface area contributed by atoms with E-state index in [4.69, 9.17) is 0 Å². The fourth-order valence-corrected chi connectivity index (χ4v) is 2.97. The van der Waals surface area contributed by atoms with Crippen molar-refractivity contribution in [2.75, 3.05) is 32.1 Å². The molecule has 5 heteroatoms. The number of aliphatic hydroxyl groups is 1. The molecule has 5 nitrogen and oxygen atoms in total. The molecule has 2 rings (SSSR count). The van der Waals surface area contributed by atoms with E-state index >= 15 is 0 Å². The first-order valence-corrected chi connectivity index (χ1v) is 8.49. The van der Waals surface area contributed by atoms with Crippen LogP contribution in [0.15, 0.2) is 24.3 Å². The summed E-state index contributed by atoms with van der Waals surface area (Å²) in [4.78, 5) is 13.8. The number of hydrogen-bond donors (Lipinski definition) is 3. The Labute approximate surface area is 139 Å². The van der Waals surface area contributed by atoms with Gasteiger partial charge in [-0.3, -0.25) is 0 Å². The quantitative estimate of drug-likeness (QED) is 0.676.